The molecule has 0 N–H and O–H groups in total. The molecule has 3 rings (SSSR count). The van der Waals surface area contributed by atoms with Crippen molar-refractivity contribution in [3.05, 3.63) is 17.7 Å². The number of piperazine rings is 1. The van der Waals surface area contributed by atoms with Gasteiger partial charge in [-0.3, -0.25) is 4.79 Å². The molecule has 0 radical (unpaired) electrons. The lowest BCUT2D eigenvalue weighted by atomic mass is 10.0. The third-order valence-electron chi connectivity index (χ3n) is 5.79. The van der Waals surface area contributed by atoms with Gasteiger partial charge in [-0.15, -0.1) is 0 Å². The molecule has 7 nitrogen and oxygen atoms in total. The van der Waals surface area contributed by atoms with Crippen LogP contribution in [-0.4, -0.2) is 62.3 Å². The van der Waals surface area contributed by atoms with Crippen LogP contribution in [0.4, 0.5) is 16.2 Å². The van der Waals surface area contributed by atoms with Crippen LogP contribution in [0.25, 0.3) is 0 Å². The maximum absolute atomic E-state index is 12.7. The van der Waals surface area contributed by atoms with Crippen LogP contribution in [0, 0.1) is 5.92 Å². The van der Waals surface area contributed by atoms with Crippen molar-refractivity contribution in [2.24, 2.45) is 5.92 Å². The van der Waals surface area contributed by atoms with Crippen LogP contribution < -0.4 is 14.5 Å². The second-order valence-corrected chi connectivity index (χ2v) is 9.13. The van der Waals surface area contributed by atoms with Crippen LogP contribution in [0.5, 0.6) is 5.75 Å². The SMILES string of the molecule is CCN1C(=O)C(C)CCc2cc(N3CCN(C(=O)OC(C)(C)C)CC3)c(OC)cc21. The number of ether oxygens (including phenoxy) is 2. The van der Waals surface area contributed by atoms with Gasteiger partial charge in [0.2, 0.25) is 5.91 Å². The zero-order valence-electron chi connectivity index (χ0n) is 19.2. The number of rotatable bonds is 3. The fourth-order valence-electron chi connectivity index (χ4n) is 4.13. The average molecular weight is 418 g/mol. The first-order valence-electron chi connectivity index (χ1n) is 10.9. The van der Waals surface area contributed by atoms with Crippen molar-refractivity contribution in [1.29, 1.82) is 0 Å². The zero-order valence-corrected chi connectivity index (χ0v) is 19.2. The van der Waals surface area contributed by atoms with Crippen LogP contribution in [-0.2, 0) is 16.0 Å². The van der Waals surface area contributed by atoms with Crippen LogP contribution >= 0.6 is 0 Å². The Balaban J connectivity index is 1.81. The first kappa shape index (κ1) is 22.2. The Morgan fingerprint density at radius 1 is 1.13 bits per heavy atom. The summed E-state index contributed by atoms with van der Waals surface area (Å²) in [5.74, 6) is 0.960. The quantitative estimate of drug-likeness (QED) is 0.751. The smallest absolute Gasteiger partial charge is 0.410 e. The number of hydrogen-bond acceptors (Lipinski definition) is 5. The number of anilines is 2. The van der Waals surface area contributed by atoms with Crippen molar-refractivity contribution < 1.29 is 19.1 Å². The number of nitrogens with zero attached hydrogens (tertiary/aromatic N) is 3. The van der Waals surface area contributed by atoms with E-state index >= 15 is 0 Å². The molecular weight excluding hydrogens is 382 g/mol. The van der Waals surface area contributed by atoms with Gasteiger partial charge in [-0.1, -0.05) is 6.92 Å². The van der Waals surface area contributed by atoms with E-state index < -0.39 is 5.60 Å². The molecule has 2 aliphatic heterocycles. The number of benzene rings is 1. The molecule has 0 aliphatic carbocycles. The zero-order chi connectivity index (χ0) is 22.1. The Morgan fingerprint density at radius 3 is 2.37 bits per heavy atom. The molecule has 0 bridgehead atoms. The van der Waals surface area contributed by atoms with E-state index in [2.05, 4.69) is 11.0 Å². The molecule has 30 heavy (non-hydrogen) atoms. The van der Waals surface area contributed by atoms with Gasteiger partial charge >= 0.3 is 6.09 Å². The summed E-state index contributed by atoms with van der Waals surface area (Å²) in [5, 5.41) is 0. The Hall–Kier alpha value is -2.44. The maximum atomic E-state index is 12.7. The topological polar surface area (TPSA) is 62.3 Å². The number of fused-ring (bicyclic) bond motifs is 1. The largest absolute Gasteiger partial charge is 0.495 e. The van der Waals surface area contributed by atoms with E-state index in [4.69, 9.17) is 9.47 Å². The Kier molecular flexibility index (Phi) is 6.48. The van der Waals surface area contributed by atoms with Gasteiger partial charge in [0.25, 0.3) is 0 Å². The summed E-state index contributed by atoms with van der Waals surface area (Å²) in [6.07, 6.45) is 1.45. The minimum absolute atomic E-state index is 0.0177. The number of amides is 2. The molecule has 166 valence electrons. The number of carbonyl (C=O) groups excluding carboxylic acids is 2. The molecular formula is C23H35N3O4. The molecule has 1 unspecified atom stereocenters. The fourth-order valence-corrected chi connectivity index (χ4v) is 4.13. The van der Waals surface area contributed by atoms with Crippen molar-refractivity contribution >= 4 is 23.4 Å². The molecule has 1 saturated heterocycles. The second-order valence-electron chi connectivity index (χ2n) is 9.13. The summed E-state index contributed by atoms with van der Waals surface area (Å²) in [7, 11) is 1.67. The van der Waals surface area contributed by atoms with Gasteiger partial charge in [0.15, 0.2) is 0 Å². The van der Waals surface area contributed by atoms with E-state index in [0.29, 0.717) is 32.7 Å². The molecule has 1 atom stereocenters. The van der Waals surface area contributed by atoms with E-state index in [1.807, 2.05) is 45.6 Å². The number of aryl methyl sites for hydroxylation is 1. The van der Waals surface area contributed by atoms with Gasteiger partial charge in [0, 0.05) is 44.7 Å². The molecule has 1 aromatic carbocycles. The van der Waals surface area contributed by atoms with Crippen molar-refractivity contribution in [2.75, 3.05) is 49.6 Å². The number of methoxy groups -OCH3 is 1. The second kappa shape index (κ2) is 8.74. The van der Waals surface area contributed by atoms with Gasteiger partial charge in [-0.05, 0) is 52.2 Å². The summed E-state index contributed by atoms with van der Waals surface area (Å²) in [4.78, 5) is 31.0. The van der Waals surface area contributed by atoms with Gasteiger partial charge < -0.3 is 24.2 Å². The van der Waals surface area contributed by atoms with E-state index in [1.165, 1.54) is 5.56 Å². The molecule has 1 aromatic rings. The minimum atomic E-state index is -0.492. The van der Waals surface area contributed by atoms with Gasteiger partial charge in [-0.2, -0.15) is 0 Å². The van der Waals surface area contributed by atoms with E-state index in [1.54, 1.807) is 12.0 Å². The lowest BCUT2D eigenvalue weighted by molar-refractivity contribution is -0.121. The van der Waals surface area contributed by atoms with Crippen molar-refractivity contribution in [3.63, 3.8) is 0 Å². The number of hydrogen-bond donors (Lipinski definition) is 0. The molecule has 2 amide bonds. The Labute approximate surface area is 179 Å². The predicted octanol–water partition coefficient (Wildman–Crippen LogP) is 3.69. The van der Waals surface area contributed by atoms with Crippen molar-refractivity contribution in [2.45, 2.75) is 53.1 Å². The lowest BCUT2D eigenvalue weighted by Gasteiger charge is -2.37. The first-order chi connectivity index (χ1) is 14.1. The van der Waals surface area contributed by atoms with Crippen LogP contribution in [0.3, 0.4) is 0 Å². The van der Waals surface area contributed by atoms with Gasteiger partial charge in [0.1, 0.15) is 11.4 Å². The summed E-state index contributed by atoms with van der Waals surface area (Å²) in [6, 6.07) is 4.18. The minimum Gasteiger partial charge on any atom is -0.495 e. The predicted molar refractivity (Wildman–Crippen MR) is 119 cm³/mol. The van der Waals surface area contributed by atoms with Crippen LogP contribution in [0.2, 0.25) is 0 Å². The molecule has 2 aliphatic rings. The van der Waals surface area contributed by atoms with E-state index in [9.17, 15) is 9.59 Å². The molecule has 0 aromatic heterocycles. The summed E-state index contributed by atoms with van der Waals surface area (Å²) in [6.45, 7) is 12.9. The Bertz CT molecular complexity index is 794. The summed E-state index contributed by atoms with van der Waals surface area (Å²) in [5.41, 5.74) is 2.67. The lowest BCUT2D eigenvalue weighted by Crippen LogP contribution is -2.50. The maximum Gasteiger partial charge on any atom is 0.410 e. The standard InChI is InChI=1S/C23H35N3O4/c1-7-26-18-15-20(29-6)19(14-17(18)9-8-16(2)21(26)27)24-10-12-25(13-11-24)22(28)30-23(3,4)5/h14-16H,7-13H2,1-6H3. The van der Waals surface area contributed by atoms with Crippen LogP contribution in [0.1, 0.15) is 46.6 Å². The molecule has 2 heterocycles. The van der Waals surface area contributed by atoms with Gasteiger partial charge in [0.05, 0.1) is 18.5 Å². The monoisotopic (exact) mass is 417 g/mol. The highest BCUT2D eigenvalue weighted by atomic mass is 16.6. The van der Waals surface area contributed by atoms with E-state index in [-0.39, 0.29) is 17.9 Å². The Morgan fingerprint density at radius 2 is 1.80 bits per heavy atom. The normalized spacial score (nSPS) is 20.0. The van der Waals surface area contributed by atoms with Crippen molar-refractivity contribution in [1.82, 2.24) is 4.90 Å². The fraction of sp³-hybridized carbons (Fsp3) is 0.652. The third kappa shape index (κ3) is 4.65. The molecule has 7 heteroatoms. The summed E-state index contributed by atoms with van der Waals surface area (Å²) < 4.78 is 11.2. The highest BCUT2D eigenvalue weighted by molar-refractivity contribution is 5.97. The van der Waals surface area contributed by atoms with E-state index in [0.717, 1.165) is 30.0 Å². The molecule has 0 spiro atoms. The molecule has 0 saturated carbocycles. The summed E-state index contributed by atoms with van der Waals surface area (Å²) >= 11 is 0. The third-order valence-corrected chi connectivity index (χ3v) is 5.79. The molecule has 1 fully saturated rings. The average Bonchev–Trinajstić information content (AvgIpc) is 2.82. The highest BCUT2D eigenvalue weighted by Crippen LogP contribution is 2.39. The first-order valence-corrected chi connectivity index (χ1v) is 10.9. The van der Waals surface area contributed by atoms with Crippen LogP contribution in [0.15, 0.2) is 12.1 Å². The van der Waals surface area contributed by atoms with Crippen molar-refractivity contribution in [3.8, 4) is 5.75 Å². The number of carbonyl (C=O) groups is 2. The highest BCUT2D eigenvalue weighted by Gasteiger charge is 2.30. The van der Waals surface area contributed by atoms with Gasteiger partial charge in [-0.25, -0.2) is 4.79 Å².